The van der Waals surface area contributed by atoms with Crippen LogP contribution in [0.3, 0.4) is 0 Å². The summed E-state index contributed by atoms with van der Waals surface area (Å²) in [6.45, 7) is 7.63. The molecule has 0 aliphatic carbocycles. The van der Waals surface area contributed by atoms with Crippen molar-refractivity contribution in [1.82, 2.24) is 15.5 Å². The molecular formula is C15H22N4O. The Morgan fingerprint density at radius 2 is 2.00 bits per heavy atom. The molecule has 0 saturated heterocycles. The van der Waals surface area contributed by atoms with Gasteiger partial charge in [0.1, 0.15) is 0 Å². The fourth-order valence-electron chi connectivity index (χ4n) is 1.87. The van der Waals surface area contributed by atoms with Crippen molar-refractivity contribution in [2.45, 2.75) is 39.9 Å². The predicted octanol–water partition coefficient (Wildman–Crippen LogP) is 2.51. The van der Waals surface area contributed by atoms with Gasteiger partial charge in [-0.05, 0) is 18.1 Å². The largest absolute Gasteiger partial charge is 0.407 e. The second kappa shape index (κ2) is 6.52. The van der Waals surface area contributed by atoms with Crippen LogP contribution in [0.15, 0.2) is 28.7 Å². The summed E-state index contributed by atoms with van der Waals surface area (Å²) in [6.07, 6.45) is 0. The third-order valence-corrected chi connectivity index (χ3v) is 3.11. The maximum Gasteiger partial charge on any atom is 0.318 e. The molecular weight excluding hydrogens is 252 g/mol. The molecule has 0 aliphatic rings. The molecule has 20 heavy (non-hydrogen) atoms. The van der Waals surface area contributed by atoms with Gasteiger partial charge in [-0.2, -0.15) is 0 Å². The van der Waals surface area contributed by atoms with Crippen molar-refractivity contribution in [3.8, 4) is 0 Å². The van der Waals surface area contributed by atoms with Crippen LogP contribution in [0.2, 0.25) is 0 Å². The number of rotatable bonds is 6. The molecule has 0 saturated carbocycles. The number of aromatic nitrogens is 2. The standard InChI is InChI=1S/C15H22N4O/c1-11(2)16-9-14-17-18-15(20-14)19(4)10-13-8-6-5-7-12(13)3/h5-8,11,16H,9-10H2,1-4H3. The summed E-state index contributed by atoms with van der Waals surface area (Å²) in [5.74, 6) is 0.616. The smallest absolute Gasteiger partial charge is 0.318 e. The zero-order valence-corrected chi connectivity index (χ0v) is 12.6. The SMILES string of the molecule is Cc1ccccc1CN(C)c1nnc(CNC(C)C)o1. The van der Waals surface area contributed by atoms with Gasteiger partial charge in [0, 0.05) is 19.6 Å². The Hall–Kier alpha value is -1.88. The molecule has 0 unspecified atom stereocenters. The molecule has 0 spiro atoms. The normalized spacial score (nSPS) is 11.1. The molecule has 2 rings (SSSR count). The minimum absolute atomic E-state index is 0.398. The fourth-order valence-corrected chi connectivity index (χ4v) is 1.87. The van der Waals surface area contributed by atoms with Crippen LogP contribution in [-0.2, 0) is 13.1 Å². The van der Waals surface area contributed by atoms with Crippen molar-refractivity contribution in [3.63, 3.8) is 0 Å². The third kappa shape index (κ3) is 3.81. The minimum atomic E-state index is 0.398. The number of hydrogen-bond acceptors (Lipinski definition) is 5. The van der Waals surface area contributed by atoms with Gasteiger partial charge in [0.25, 0.3) is 0 Å². The quantitative estimate of drug-likeness (QED) is 0.877. The van der Waals surface area contributed by atoms with Crippen LogP contribution in [0.1, 0.15) is 30.9 Å². The van der Waals surface area contributed by atoms with Crippen LogP contribution in [0, 0.1) is 6.92 Å². The van der Waals surface area contributed by atoms with E-state index >= 15 is 0 Å². The zero-order valence-electron chi connectivity index (χ0n) is 12.6. The molecule has 2 aromatic rings. The highest BCUT2D eigenvalue weighted by Crippen LogP contribution is 2.16. The lowest BCUT2D eigenvalue weighted by Crippen LogP contribution is -2.22. The number of hydrogen-bond donors (Lipinski definition) is 1. The van der Waals surface area contributed by atoms with Crippen molar-refractivity contribution in [1.29, 1.82) is 0 Å². The first-order chi connectivity index (χ1) is 9.56. The Bertz CT molecular complexity index is 550. The number of nitrogens with one attached hydrogen (secondary N) is 1. The monoisotopic (exact) mass is 274 g/mol. The molecule has 1 aromatic carbocycles. The second-order valence-corrected chi connectivity index (χ2v) is 5.30. The van der Waals surface area contributed by atoms with E-state index in [1.54, 1.807) is 0 Å². The van der Waals surface area contributed by atoms with Crippen molar-refractivity contribution >= 4 is 6.01 Å². The van der Waals surface area contributed by atoms with Gasteiger partial charge in [-0.15, -0.1) is 5.10 Å². The lowest BCUT2D eigenvalue weighted by atomic mass is 10.1. The Balaban J connectivity index is 1.99. The van der Waals surface area contributed by atoms with E-state index in [-0.39, 0.29) is 0 Å². The molecule has 0 fully saturated rings. The first-order valence-electron chi connectivity index (χ1n) is 6.87. The molecule has 0 bridgehead atoms. The van der Waals surface area contributed by atoms with Crippen molar-refractivity contribution < 1.29 is 4.42 Å². The summed E-state index contributed by atoms with van der Waals surface area (Å²) >= 11 is 0. The second-order valence-electron chi connectivity index (χ2n) is 5.30. The van der Waals surface area contributed by atoms with E-state index in [0.29, 0.717) is 24.5 Å². The van der Waals surface area contributed by atoms with Crippen LogP contribution < -0.4 is 10.2 Å². The Morgan fingerprint density at radius 1 is 1.25 bits per heavy atom. The maximum absolute atomic E-state index is 5.65. The molecule has 108 valence electrons. The highest BCUT2D eigenvalue weighted by Gasteiger charge is 2.12. The highest BCUT2D eigenvalue weighted by atomic mass is 16.4. The van der Waals surface area contributed by atoms with Crippen LogP contribution in [-0.4, -0.2) is 23.3 Å². The Kier molecular flexibility index (Phi) is 4.74. The minimum Gasteiger partial charge on any atom is -0.407 e. The first kappa shape index (κ1) is 14.5. The summed E-state index contributed by atoms with van der Waals surface area (Å²) in [7, 11) is 1.96. The molecule has 1 heterocycles. The molecule has 0 atom stereocenters. The molecule has 1 aromatic heterocycles. The van der Waals surface area contributed by atoms with E-state index in [1.807, 2.05) is 24.1 Å². The van der Waals surface area contributed by atoms with Crippen LogP contribution in [0.4, 0.5) is 6.01 Å². The number of nitrogens with zero attached hydrogens (tertiary/aromatic N) is 3. The predicted molar refractivity (Wildman–Crippen MR) is 79.6 cm³/mol. The molecule has 5 heteroatoms. The van der Waals surface area contributed by atoms with Crippen LogP contribution in [0.25, 0.3) is 0 Å². The van der Waals surface area contributed by atoms with Gasteiger partial charge in [-0.25, -0.2) is 0 Å². The highest BCUT2D eigenvalue weighted by molar-refractivity contribution is 5.31. The van der Waals surface area contributed by atoms with E-state index in [4.69, 9.17) is 4.42 Å². The number of aryl methyl sites for hydroxylation is 1. The fraction of sp³-hybridized carbons (Fsp3) is 0.467. The summed E-state index contributed by atoms with van der Waals surface area (Å²) in [5, 5.41) is 11.4. The molecule has 1 N–H and O–H groups in total. The van der Waals surface area contributed by atoms with Crippen LogP contribution in [0.5, 0.6) is 0 Å². The summed E-state index contributed by atoms with van der Waals surface area (Å²) in [6, 6.07) is 9.26. The third-order valence-electron chi connectivity index (χ3n) is 3.11. The van der Waals surface area contributed by atoms with Gasteiger partial charge >= 0.3 is 6.01 Å². The number of benzene rings is 1. The lowest BCUT2D eigenvalue weighted by molar-refractivity contribution is 0.449. The van der Waals surface area contributed by atoms with E-state index in [9.17, 15) is 0 Å². The topological polar surface area (TPSA) is 54.2 Å². The summed E-state index contributed by atoms with van der Waals surface area (Å²) in [5.41, 5.74) is 2.52. The molecule has 0 aliphatic heterocycles. The van der Waals surface area contributed by atoms with E-state index in [0.717, 1.165) is 6.54 Å². The average Bonchev–Trinajstić information content (AvgIpc) is 2.88. The first-order valence-corrected chi connectivity index (χ1v) is 6.87. The van der Waals surface area contributed by atoms with Crippen molar-refractivity contribution in [2.75, 3.05) is 11.9 Å². The van der Waals surface area contributed by atoms with Crippen molar-refractivity contribution in [2.24, 2.45) is 0 Å². The van der Waals surface area contributed by atoms with Gasteiger partial charge in [-0.3, -0.25) is 0 Å². The van der Waals surface area contributed by atoms with Gasteiger partial charge in [0.05, 0.1) is 6.54 Å². The zero-order chi connectivity index (χ0) is 14.5. The maximum atomic E-state index is 5.65. The Labute approximate surface area is 120 Å². The van der Waals surface area contributed by atoms with Crippen LogP contribution >= 0.6 is 0 Å². The van der Waals surface area contributed by atoms with Gasteiger partial charge in [0.2, 0.25) is 5.89 Å². The lowest BCUT2D eigenvalue weighted by Gasteiger charge is -2.15. The Morgan fingerprint density at radius 3 is 2.70 bits per heavy atom. The van der Waals surface area contributed by atoms with E-state index in [1.165, 1.54) is 11.1 Å². The molecule has 0 amide bonds. The van der Waals surface area contributed by atoms with E-state index < -0.39 is 0 Å². The summed E-state index contributed by atoms with van der Waals surface area (Å²) in [4.78, 5) is 1.97. The van der Waals surface area contributed by atoms with Crippen molar-refractivity contribution in [3.05, 3.63) is 41.3 Å². The molecule has 5 nitrogen and oxygen atoms in total. The van der Waals surface area contributed by atoms with Gasteiger partial charge in [0.15, 0.2) is 0 Å². The average molecular weight is 274 g/mol. The number of anilines is 1. The molecule has 0 radical (unpaired) electrons. The van der Waals surface area contributed by atoms with E-state index in [2.05, 4.69) is 48.4 Å². The van der Waals surface area contributed by atoms with Gasteiger partial charge in [-0.1, -0.05) is 43.2 Å². The van der Waals surface area contributed by atoms with Gasteiger partial charge < -0.3 is 14.6 Å². The summed E-state index contributed by atoms with van der Waals surface area (Å²) < 4.78 is 5.65.